The number of carbonyl (C=O) groups is 1. The first kappa shape index (κ1) is 13.6. The summed E-state index contributed by atoms with van der Waals surface area (Å²) in [5.41, 5.74) is 0.772. The van der Waals surface area contributed by atoms with Crippen molar-refractivity contribution in [3.63, 3.8) is 0 Å². The molecule has 0 radical (unpaired) electrons. The molecule has 21 heavy (non-hydrogen) atoms. The Morgan fingerprint density at radius 1 is 1.05 bits per heavy atom. The lowest BCUT2D eigenvalue weighted by molar-refractivity contribution is 0.0551. The first-order valence-electron chi connectivity index (χ1n) is 6.79. The summed E-state index contributed by atoms with van der Waals surface area (Å²) in [6, 6.07) is 11.8. The Balaban J connectivity index is 2.31. The first-order valence-corrected chi connectivity index (χ1v) is 6.79. The van der Waals surface area contributed by atoms with Crippen molar-refractivity contribution >= 4 is 27.9 Å². The molecule has 0 aliphatic carbocycles. The minimum absolute atomic E-state index is 0.324. The molecule has 0 aliphatic rings. The smallest absolute Gasteiger partial charge is 0.419 e. The number of para-hydroxylation sites is 1. The van der Waals surface area contributed by atoms with Gasteiger partial charge in [-0.15, -0.1) is 0 Å². The van der Waals surface area contributed by atoms with E-state index < -0.39 is 11.7 Å². The van der Waals surface area contributed by atoms with Crippen LogP contribution in [0.3, 0.4) is 0 Å². The molecule has 0 spiro atoms. The van der Waals surface area contributed by atoms with Crippen LogP contribution < -0.4 is 0 Å². The van der Waals surface area contributed by atoms with Crippen molar-refractivity contribution in [2.24, 2.45) is 0 Å². The highest BCUT2D eigenvalue weighted by atomic mass is 19.1. The number of carbonyl (C=O) groups excluding carboxylic acids is 1. The lowest BCUT2D eigenvalue weighted by Gasteiger charge is -2.20. The maximum absolute atomic E-state index is 13.5. The second-order valence-electron chi connectivity index (χ2n) is 5.99. The molecular formula is C17H16FNO2. The summed E-state index contributed by atoms with van der Waals surface area (Å²) in [7, 11) is 0. The van der Waals surface area contributed by atoms with Gasteiger partial charge in [-0.25, -0.2) is 13.8 Å². The number of halogens is 1. The molecule has 2 aromatic carbocycles. The topological polar surface area (TPSA) is 31.2 Å². The van der Waals surface area contributed by atoms with Crippen molar-refractivity contribution in [2.75, 3.05) is 0 Å². The molecule has 1 heterocycles. The van der Waals surface area contributed by atoms with Gasteiger partial charge in [-0.2, -0.15) is 0 Å². The molecule has 3 nitrogen and oxygen atoms in total. The van der Waals surface area contributed by atoms with Gasteiger partial charge in [0.1, 0.15) is 11.4 Å². The molecular weight excluding hydrogens is 269 g/mol. The molecule has 0 bridgehead atoms. The summed E-state index contributed by atoms with van der Waals surface area (Å²) in [6.07, 6.45) is -0.458. The number of hydrogen-bond acceptors (Lipinski definition) is 2. The van der Waals surface area contributed by atoms with Crippen LogP contribution in [0.2, 0.25) is 0 Å². The Kier molecular flexibility index (Phi) is 2.97. The summed E-state index contributed by atoms with van der Waals surface area (Å²) in [4.78, 5) is 12.5. The summed E-state index contributed by atoms with van der Waals surface area (Å²) >= 11 is 0. The van der Waals surface area contributed by atoms with Crippen LogP contribution in [0.4, 0.5) is 9.18 Å². The molecule has 0 saturated heterocycles. The van der Waals surface area contributed by atoms with Gasteiger partial charge in [0.2, 0.25) is 0 Å². The van der Waals surface area contributed by atoms with E-state index in [1.54, 1.807) is 6.07 Å². The second kappa shape index (κ2) is 4.58. The summed E-state index contributed by atoms with van der Waals surface area (Å²) in [5.74, 6) is -0.324. The third kappa shape index (κ3) is 2.37. The van der Waals surface area contributed by atoms with Crippen LogP contribution >= 0.6 is 0 Å². The molecule has 0 aliphatic heterocycles. The van der Waals surface area contributed by atoms with E-state index in [2.05, 4.69) is 0 Å². The lowest BCUT2D eigenvalue weighted by atomic mass is 10.1. The van der Waals surface area contributed by atoms with Crippen LogP contribution in [0.5, 0.6) is 0 Å². The summed E-state index contributed by atoms with van der Waals surface area (Å²) in [6.45, 7) is 5.45. The highest BCUT2D eigenvalue weighted by Crippen LogP contribution is 2.30. The molecule has 0 fully saturated rings. The van der Waals surface area contributed by atoms with Gasteiger partial charge >= 0.3 is 6.09 Å². The Hall–Kier alpha value is -2.36. The highest BCUT2D eigenvalue weighted by molar-refractivity contribution is 6.12. The van der Waals surface area contributed by atoms with Gasteiger partial charge in [0.05, 0.1) is 11.0 Å². The fourth-order valence-electron chi connectivity index (χ4n) is 2.45. The van der Waals surface area contributed by atoms with Gasteiger partial charge in [-0.1, -0.05) is 18.2 Å². The van der Waals surface area contributed by atoms with Crippen LogP contribution in [-0.2, 0) is 4.74 Å². The van der Waals surface area contributed by atoms with E-state index in [1.807, 2.05) is 45.0 Å². The van der Waals surface area contributed by atoms with E-state index in [1.165, 1.54) is 16.7 Å². The molecule has 1 aromatic heterocycles. The molecule has 0 amide bonds. The maximum Gasteiger partial charge on any atom is 0.419 e. The number of hydrogen-bond donors (Lipinski definition) is 0. The minimum atomic E-state index is -0.588. The van der Waals surface area contributed by atoms with Gasteiger partial charge in [0, 0.05) is 10.8 Å². The summed E-state index contributed by atoms with van der Waals surface area (Å²) in [5, 5.41) is 1.54. The Morgan fingerprint density at radius 2 is 1.71 bits per heavy atom. The standard InChI is InChI=1S/C17H16FNO2/c1-17(2,3)21-16(20)19-14-7-5-4-6-12(14)13-10-11(18)8-9-15(13)19/h4-10H,1-3H3. The van der Waals surface area contributed by atoms with Gasteiger partial charge < -0.3 is 4.74 Å². The minimum Gasteiger partial charge on any atom is -0.443 e. The first-order chi connectivity index (χ1) is 9.87. The van der Waals surface area contributed by atoms with Crippen LogP contribution in [-0.4, -0.2) is 16.3 Å². The van der Waals surface area contributed by atoms with Crippen molar-refractivity contribution in [1.29, 1.82) is 0 Å². The molecule has 0 saturated carbocycles. The van der Waals surface area contributed by atoms with Gasteiger partial charge in [-0.05, 0) is 45.0 Å². The predicted octanol–water partition coefficient (Wildman–Crippen LogP) is 4.72. The molecule has 0 N–H and O–H groups in total. The monoisotopic (exact) mass is 285 g/mol. The highest BCUT2D eigenvalue weighted by Gasteiger charge is 2.22. The second-order valence-corrected chi connectivity index (χ2v) is 5.99. The fraction of sp³-hybridized carbons (Fsp3) is 0.235. The van der Waals surface area contributed by atoms with E-state index in [4.69, 9.17) is 4.74 Å². The third-order valence-corrected chi connectivity index (χ3v) is 3.21. The molecule has 0 unspecified atom stereocenters. The van der Waals surface area contributed by atoms with Crippen LogP contribution in [0.15, 0.2) is 42.5 Å². The van der Waals surface area contributed by atoms with Crippen molar-refractivity contribution < 1.29 is 13.9 Å². The van der Waals surface area contributed by atoms with E-state index in [0.29, 0.717) is 16.4 Å². The van der Waals surface area contributed by atoms with Gasteiger partial charge in [0.25, 0.3) is 0 Å². The van der Waals surface area contributed by atoms with E-state index in [0.717, 1.165) is 5.39 Å². The molecule has 0 atom stereocenters. The average Bonchev–Trinajstić information content (AvgIpc) is 2.71. The molecule has 4 heteroatoms. The van der Waals surface area contributed by atoms with E-state index >= 15 is 0 Å². The number of rotatable bonds is 0. The maximum atomic E-state index is 13.5. The number of aromatic nitrogens is 1. The van der Waals surface area contributed by atoms with Crippen molar-refractivity contribution in [3.05, 3.63) is 48.3 Å². The largest absolute Gasteiger partial charge is 0.443 e. The van der Waals surface area contributed by atoms with E-state index in [-0.39, 0.29) is 5.82 Å². The van der Waals surface area contributed by atoms with Crippen LogP contribution in [0, 0.1) is 5.82 Å². The molecule has 3 aromatic rings. The normalized spacial score (nSPS) is 12.0. The van der Waals surface area contributed by atoms with E-state index in [9.17, 15) is 9.18 Å². The number of fused-ring (bicyclic) bond motifs is 3. The van der Waals surface area contributed by atoms with Crippen molar-refractivity contribution in [1.82, 2.24) is 4.57 Å². The summed E-state index contributed by atoms with van der Waals surface area (Å²) < 4.78 is 20.5. The van der Waals surface area contributed by atoms with Crippen LogP contribution in [0.1, 0.15) is 20.8 Å². The average molecular weight is 285 g/mol. The van der Waals surface area contributed by atoms with Crippen LogP contribution in [0.25, 0.3) is 21.8 Å². The number of nitrogens with zero attached hydrogens (tertiary/aromatic N) is 1. The zero-order chi connectivity index (χ0) is 15.2. The van der Waals surface area contributed by atoms with Crippen molar-refractivity contribution in [3.8, 4) is 0 Å². The zero-order valence-corrected chi connectivity index (χ0v) is 12.2. The zero-order valence-electron chi connectivity index (χ0n) is 12.2. The Labute approximate surface area is 121 Å². The molecule has 3 rings (SSSR count). The van der Waals surface area contributed by atoms with Gasteiger partial charge in [-0.3, -0.25) is 0 Å². The number of ether oxygens (including phenoxy) is 1. The third-order valence-electron chi connectivity index (χ3n) is 3.21. The lowest BCUT2D eigenvalue weighted by Crippen LogP contribution is -2.27. The number of benzene rings is 2. The van der Waals surface area contributed by atoms with Crippen molar-refractivity contribution in [2.45, 2.75) is 26.4 Å². The predicted molar refractivity (Wildman–Crippen MR) is 81.0 cm³/mol. The Morgan fingerprint density at radius 3 is 2.43 bits per heavy atom. The quantitative estimate of drug-likeness (QED) is 0.598. The molecule has 108 valence electrons. The van der Waals surface area contributed by atoms with Gasteiger partial charge in [0.15, 0.2) is 0 Å². The Bertz CT molecular complexity index is 843. The fourth-order valence-corrected chi connectivity index (χ4v) is 2.45. The SMILES string of the molecule is CC(C)(C)OC(=O)n1c2ccccc2c2cc(F)ccc21.